The molecule has 2 aromatic rings. The van der Waals surface area contributed by atoms with Gasteiger partial charge in [-0.1, -0.05) is 35.9 Å². The summed E-state index contributed by atoms with van der Waals surface area (Å²) in [6, 6.07) is 14.0. The zero-order chi connectivity index (χ0) is 16.7. The minimum Gasteiger partial charge on any atom is -0.336 e. The molecule has 0 saturated carbocycles. The molecule has 2 N–H and O–H groups in total. The number of likely N-dealkylation sites (N-methyl/N-ethyl adjacent to an activating group) is 1. The standard InChI is InChI=1S/C18H24N4O/c1-14-7-9-15(10-8-14)17(22(2)3)13-21-18(23)20-12-16-6-4-5-11-19-16/h4-11,17H,12-13H2,1-3H3,(H2,20,21,23)/t17-/m0/s1. The number of carbonyl (C=O) groups excluding carboxylic acids is 1. The zero-order valence-electron chi connectivity index (χ0n) is 13.9. The van der Waals surface area contributed by atoms with Crippen LogP contribution in [0.5, 0.6) is 0 Å². The van der Waals surface area contributed by atoms with Crippen LogP contribution in [0.25, 0.3) is 0 Å². The number of hydrogen-bond acceptors (Lipinski definition) is 3. The monoisotopic (exact) mass is 312 g/mol. The molecule has 2 rings (SSSR count). The van der Waals surface area contributed by atoms with E-state index in [1.165, 1.54) is 11.1 Å². The Labute approximate surface area is 137 Å². The van der Waals surface area contributed by atoms with Crippen LogP contribution in [0.4, 0.5) is 4.79 Å². The lowest BCUT2D eigenvalue weighted by molar-refractivity contribution is 0.232. The number of hydrogen-bond donors (Lipinski definition) is 2. The summed E-state index contributed by atoms with van der Waals surface area (Å²) in [5, 5.41) is 5.75. The van der Waals surface area contributed by atoms with Crippen molar-refractivity contribution < 1.29 is 4.79 Å². The number of nitrogens with zero attached hydrogens (tertiary/aromatic N) is 2. The van der Waals surface area contributed by atoms with Gasteiger partial charge in [-0.05, 0) is 38.7 Å². The van der Waals surface area contributed by atoms with E-state index in [1.54, 1.807) is 6.20 Å². The summed E-state index contributed by atoms with van der Waals surface area (Å²) < 4.78 is 0. The minimum atomic E-state index is -0.186. The van der Waals surface area contributed by atoms with Crippen molar-refractivity contribution >= 4 is 6.03 Å². The Morgan fingerprint density at radius 3 is 2.48 bits per heavy atom. The number of pyridine rings is 1. The molecule has 0 saturated heterocycles. The Bertz CT molecular complexity index is 611. The highest BCUT2D eigenvalue weighted by molar-refractivity contribution is 5.73. The van der Waals surface area contributed by atoms with Gasteiger partial charge in [0.05, 0.1) is 18.3 Å². The normalized spacial score (nSPS) is 12.0. The van der Waals surface area contributed by atoms with E-state index in [0.29, 0.717) is 13.1 Å². The summed E-state index contributed by atoms with van der Waals surface area (Å²) in [6.07, 6.45) is 1.72. The van der Waals surface area contributed by atoms with Gasteiger partial charge in [-0.2, -0.15) is 0 Å². The topological polar surface area (TPSA) is 57.3 Å². The van der Waals surface area contributed by atoms with Crippen molar-refractivity contribution in [3.63, 3.8) is 0 Å². The average Bonchev–Trinajstić information content (AvgIpc) is 2.55. The smallest absolute Gasteiger partial charge is 0.315 e. The number of benzene rings is 1. The van der Waals surface area contributed by atoms with Crippen molar-refractivity contribution in [1.82, 2.24) is 20.5 Å². The van der Waals surface area contributed by atoms with Crippen molar-refractivity contribution in [1.29, 1.82) is 0 Å². The number of urea groups is 1. The van der Waals surface area contributed by atoms with Gasteiger partial charge in [-0.15, -0.1) is 0 Å². The average molecular weight is 312 g/mol. The second kappa shape index (κ2) is 8.29. The van der Waals surface area contributed by atoms with Crippen LogP contribution >= 0.6 is 0 Å². The van der Waals surface area contributed by atoms with Crippen LogP contribution in [0.15, 0.2) is 48.7 Å². The van der Waals surface area contributed by atoms with Crippen molar-refractivity contribution in [3.8, 4) is 0 Å². The first-order valence-electron chi connectivity index (χ1n) is 7.71. The second-order valence-electron chi connectivity index (χ2n) is 5.77. The van der Waals surface area contributed by atoms with E-state index in [-0.39, 0.29) is 12.1 Å². The lowest BCUT2D eigenvalue weighted by Crippen LogP contribution is -2.40. The summed E-state index contributed by atoms with van der Waals surface area (Å²) >= 11 is 0. The fraction of sp³-hybridized carbons (Fsp3) is 0.333. The number of nitrogens with one attached hydrogen (secondary N) is 2. The Morgan fingerprint density at radius 2 is 1.87 bits per heavy atom. The molecular weight excluding hydrogens is 288 g/mol. The van der Waals surface area contributed by atoms with Crippen LogP contribution in [0.2, 0.25) is 0 Å². The highest BCUT2D eigenvalue weighted by Crippen LogP contribution is 2.17. The van der Waals surface area contributed by atoms with E-state index in [1.807, 2.05) is 32.3 Å². The van der Waals surface area contributed by atoms with Crippen LogP contribution in [0.3, 0.4) is 0 Å². The van der Waals surface area contributed by atoms with Gasteiger partial charge in [-0.25, -0.2) is 4.79 Å². The predicted octanol–water partition coefficient (Wildman–Crippen LogP) is 2.49. The highest BCUT2D eigenvalue weighted by atomic mass is 16.2. The Kier molecular flexibility index (Phi) is 6.11. The Balaban J connectivity index is 1.86. The molecule has 23 heavy (non-hydrogen) atoms. The molecule has 0 fully saturated rings. The van der Waals surface area contributed by atoms with Gasteiger partial charge < -0.3 is 15.5 Å². The number of carbonyl (C=O) groups is 1. The molecule has 0 unspecified atom stereocenters. The Morgan fingerprint density at radius 1 is 1.13 bits per heavy atom. The van der Waals surface area contributed by atoms with Crippen molar-refractivity contribution in [2.75, 3.05) is 20.6 Å². The molecule has 0 spiro atoms. The van der Waals surface area contributed by atoms with Gasteiger partial charge >= 0.3 is 6.03 Å². The molecule has 0 aliphatic heterocycles. The van der Waals surface area contributed by atoms with E-state index in [2.05, 4.69) is 51.7 Å². The maximum atomic E-state index is 12.0. The number of rotatable bonds is 6. The molecule has 1 heterocycles. The highest BCUT2D eigenvalue weighted by Gasteiger charge is 2.15. The molecule has 1 aromatic carbocycles. The molecule has 2 amide bonds. The van der Waals surface area contributed by atoms with E-state index in [4.69, 9.17) is 0 Å². The number of aryl methyl sites for hydroxylation is 1. The molecule has 0 radical (unpaired) electrons. The van der Waals surface area contributed by atoms with Crippen LogP contribution in [0.1, 0.15) is 22.9 Å². The summed E-state index contributed by atoms with van der Waals surface area (Å²) in [6.45, 7) is 3.03. The molecule has 5 nitrogen and oxygen atoms in total. The van der Waals surface area contributed by atoms with E-state index < -0.39 is 0 Å². The first-order chi connectivity index (χ1) is 11.1. The summed E-state index contributed by atoms with van der Waals surface area (Å²) in [5.74, 6) is 0. The first-order valence-corrected chi connectivity index (χ1v) is 7.71. The van der Waals surface area contributed by atoms with Crippen LogP contribution in [-0.4, -0.2) is 36.6 Å². The number of amides is 2. The molecule has 1 atom stereocenters. The fourth-order valence-electron chi connectivity index (χ4n) is 2.31. The summed E-state index contributed by atoms with van der Waals surface area (Å²) in [7, 11) is 4.02. The maximum Gasteiger partial charge on any atom is 0.315 e. The van der Waals surface area contributed by atoms with Gasteiger partial charge in [0.2, 0.25) is 0 Å². The van der Waals surface area contributed by atoms with Crippen molar-refractivity contribution in [2.24, 2.45) is 0 Å². The molecule has 1 aromatic heterocycles. The lowest BCUT2D eigenvalue weighted by Gasteiger charge is -2.25. The van der Waals surface area contributed by atoms with Crippen molar-refractivity contribution in [3.05, 3.63) is 65.5 Å². The van der Waals surface area contributed by atoms with Gasteiger partial charge in [-0.3, -0.25) is 4.98 Å². The van der Waals surface area contributed by atoms with E-state index >= 15 is 0 Å². The van der Waals surface area contributed by atoms with Gasteiger partial charge in [0, 0.05) is 12.7 Å². The van der Waals surface area contributed by atoms with Crippen LogP contribution in [-0.2, 0) is 6.54 Å². The number of aromatic nitrogens is 1. The van der Waals surface area contributed by atoms with Crippen LogP contribution < -0.4 is 10.6 Å². The molecule has 0 aliphatic rings. The SMILES string of the molecule is Cc1ccc([C@H](CNC(=O)NCc2ccccn2)N(C)C)cc1. The molecule has 0 aliphatic carbocycles. The third kappa shape index (κ3) is 5.38. The molecule has 0 bridgehead atoms. The van der Waals surface area contributed by atoms with Gasteiger partial charge in [0.25, 0.3) is 0 Å². The van der Waals surface area contributed by atoms with Gasteiger partial charge in [0.15, 0.2) is 0 Å². The molecule has 5 heteroatoms. The Hall–Kier alpha value is -2.40. The first kappa shape index (κ1) is 17.0. The summed E-state index contributed by atoms with van der Waals surface area (Å²) in [5.41, 5.74) is 3.25. The van der Waals surface area contributed by atoms with Crippen molar-refractivity contribution in [2.45, 2.75) is 19.5 Å². The third-order valence-corrected chi connectivity index (χ3v) is 3.70. The zero-order valence-corrected chi connectivity index (χ0v) is 13.9. The fourth-order valence-corrected chi connectivity index (χ4v) is 2.31. The quantitative estimate of drug-likeness (QED) is 0.861. The van der Waals surface area contributed by atoms with Crippen LogP contribution in [0, 0.1) is 6.92 Å². The molecule has 122 valence electrons. The predicted molar refractivity (Wildman–Crippen MR) is 92.1 cm³/mol. The largest absolute Gasteiger partial charge is 0.336 e. The third-order valence-electron chi connectivity index (χ3n) is 3.70. The minimum absolute atomic E-state index is 0.135. The van der Waals surface area contributed by atoms with E-state index in [0.717, 1.165) is 5.69 Å². The summed E-state index contributed by atoms with van der Waals surface area (Å²) in [4.78, 5) is 18.2. The van der Waals surface area contributed by atoms with E-state index in [9.17, 15) is 4.79 Å². The maximum absolute atomic E-state index is 12.0. The molecular formula is C18H24N4O. The lowest BCUT2D eigenvalue weighted by atomic mass is 10.0. The second-order valence-corrected chi connectivity index (χ2v) is 5.77. The van der Waals surface area contributed by atoms with Gasteiger partial charge in [0.1, 0.15) is 0 Å².